The zero-order valence-electron chi connectivity index (χ0n) is 12.9. The molecule has 22 heavy (non-hydrogen) atoms. The number of nitrogens with zero attached hydrogens (tertiary/aromatic N) is 1. The Hall–Kier alpha value is -1.75. The van der Waals surface area contributed by atoms with E-state index in [1.54, 1.807) is 45.0 Å². The minimum Gasteiger partial charge on any atom is -0.479 e. The summed E-state index contributed by atoms with van der Waals surface area (Å²) in [4.78, 5) is 25.8. The molecule has 1 fully saturated rings. The molecule has 1 heterocycles. The lowest BCUT2D eigenvalue weighted by atomic mass is 9.87. The van der Waals surface area contributed by atoms with Crippen molar-refractivity contribution >= 4 is 23.7 Å². The highest BCUT2D eigenvalue weighted by molar-refractivity contribution is 6.30. The highest BCUT2D eigenvalue weighted by atomic mass is 35.5. The zero-order valence-corrected chi connectivity index (χ0v) is 13.7. The number of rotatable bonds is 2. The van der Waals surface area contributed by atoms with Gasteiger partial charge in [0.25, 0.3) is 0 Å². The lowest BCUT2D eigenvalue weighted by molar-refractivity contribution is -0.150. The number of carbonyl (C=O) groups excluding carboxylic acids is 1. The fraction of sp³-hybridized carbons (Fsp3) is 0.500. The second kappa shape index (κ2) is 5.80. The monoisotopic (exact) mass is 325 g/mol. The van der Waals surface area contributed by atoms with Crippen LogP contribution in [0.1, 0.15) is 39.2 Å². The van der Waals surface area contributed by atoms with E-state index in [0.29, 0.717) is 30.0 Å². The number of carbonyl (C=O) groups is 2. The van der Waals surface area contributed by atoms with Crippen LogP contribution in [0.15, 0.2) is 24.3 Å². The number of halogens is 1. The van der Waals surface area contributed by atoms with Crippen molar-refractivity contribution in [2.24, 2.45) is 0 Å². The number of amides is 1. The first-order chi connectivity index (χ1) is 10.2. The third kappa shape index (κ3) is 3.04. The first kappa shape index (κ1) is 16.6. The van der Waals surface area contributed by atoms with Crippen LogP contribution in [0.5, 0.6) is 0 Å². The lowest BCUT2D eigenvalue weighted by Crippen LogP contribution is -2.51. The van der Waals surface area contributed by atoms with Gasteiger partial charge in [0.15, 0.2) is 5.54 Å². The number of benzene rings is 1. The molecule has 0 radical (unpaired) electrons. The topological polar surface area (TPSA) is 66.8 Å². The maximum atomic E-state index is 12.4. The largest absolute Gasteiger partial charge is 0.479 e. The summed E-state index contributed by atoms with van der Waals surface area (Å²) in [5.74, 6) is -1.06. The summed E-state index contributed by atoms with van der Waals surface area (Å²) < 4.78 is 5.37. The van der Waals surface area contributed by atoms with Gasteiger partial charge in [-0.3, -0.25) is 4.90 Å². The molecule has 0 aromatic heterocycles. The molecule has 1 aliphatic heterocycles. The average molecular weight is 326 g/mol. The molecule has 6 heteroatoms. The van der Waals surface area contributed by atoms with E-state index >= 15 is 0 Å². The highest BCUT2D eigenvalue weighted by Crippen LogP contribution is 2.40. The Kier molecular flexibility index (Phi) is 4.38. The summed E-state index contributed by atoms with van der Waals surface area (Å²) in [6.07, 6.45) is 0.347. The third-order valence-electron chi connectivity index (χ3n) is 3.67. The summed E-state index contributed by atoms with van der Waals surface area (Å²) in [5.41, 5.74) is -1.54. The normalized spacial score (nSPS) is 21.7. The van der Waals surface area contributed by atoms with E-state index in [9.17, 15) is 14.7 Å². The number of hydrogen-bond acceptors (Lipinski definition) is 3. The molecule has 5 nitrogen and oxygen atoms in total. The molecule has 0 saturated carbocycles. The zero-order chi connectivity index (χ0) is 16.5. The van der Waals surface area contributed by atoms with Crippen LogP contribution in [0.25, 0.3) is 0 Å². The van der Waals surface area contributed by atoms with Gasteiger partial charge in [0.2, 0.25) is 0 Å². The number of carboxylic acid groups (broad SMARTS) is 1. The van der Waals surface area contributed by atoms with E-state index in [2.05, 4.69) is 0 Å². The number of carboxylic acids is 1. The Morgan fingerprint density at radius 2 is 1.86 bits per heavy atom. The molecule has 1 unspecified atom stereocenters. The fourth-order valence-corrected chi connectivity index (χ4v) is 2.88. The quantitative estimate of drug-likeness (QED) is 0.901. The minimum absolute atomic E-state index is 0.350. The summed E-state index contributed by atoms with van der Waals surface area (Å²) >= 11 is 5.88. The number of aliphatic carboxylic acids is 1. The van der Waals surface area contributed by atoms with E-state index in [0.717, 1.165) is 0 Å². The van der Waals surface area contributed by atoms with Crippen LogP contribution in [-0.2, 0) is 15.1 Å². The van der Waals surface area contributed by atoms with E-state index in [-0.39, 0.29) is 0 Å². The van der Waals surface area contributed by atoms with Crippen LogP contribution in [0.2, 0.25) is 5.02 Å². The molecular weight excluding hydrogens is 306 g/mol. The number of ether oxygens (including phenoxy) is 1. The van der Waals surface area contributed by atoms with Crippen molar-refractivity contribution in [3.05, 3.63) is 34.9 Å². The van der Waals surface area contributed by atoms with Gasteiger partial charge in [-0.05, 0) is 51.3 Å². The van der Waals surface area contributed by atoms with Crippen molar-refractivity contribution in [3.63, 3.8) is 0 Å². The van der Waals surface area contributed by atoms with Gasteiger partial charge in [-0.15, -0.1) is 0 Å². The SMILES string of the molecule is CC(C)(C)OC(=O)N1CCCC1(C(=O)O)c1ccc(Cl)cc1. The lowest BCUT2D eigenvalue weighted by Gasteiger charge is -2.36. The van der Waals surface area contributed by atoms with Gasteiger partial charge in [-0.25, -0.2) is 9.59 Å². The predicted molar refractivity (Wildman–Crippen MR) is 82.9 cm³/mol. The molecule has 1 amide bonds. The van der Waals surface area contributed by atoms with E-state index in [4.69, 9.17) is 16.3 Å². The van der Waals surface area contributed by atoms with Crippen molar-refractivity contribution in [1.29, 1.82) is 0 Å². The highest BCUT2D eigenvalue weighted by Gasteiger charge is 2.52. The van der Waals surface area contributed by atoms with Gasteiger partial charge < -0.3 is 9.84 Å². The second-order valence-electron chi connectivity index (χ2n) is 6.41. The van der Waals surface area contributed by atoms with Crippen LogP contribution in [0, 0.1) is 0 Å². The Balaban J connectivity index is 2.42. The third-order valence-corrected chi connectivity index (χ3v) is 3.92. The van der Waals surface area contributed by atoms with Crippen LogP contribution in [0.4, 0.5) is 4.79 Å². The molecule has 1 aliphatic rings. The van der Waals surface area contributed by atoms with Gasteiger partial charge in [0.1, 0.15) is 5.60 Å². The van der Waals surface area contributed by atoms with Gasteiger partial charge in [-0.2, -0.15) is 0 Å². The number of hydrogen-bond donors (Lipinski definition) is 1. The molecular formula is C16H20ClNO4. The van der Waals surface area contributed by atoms with Gasteiger partial charge in [0, 0.05) is 11.6 Å². The molecule has 2 rings (SSSR count). The van der Waals surface area contributed by atoms with E-state index < -0.39 is 23.2 Å². The smallest absolute Gasteiger partial charge is 0.411 e. The maximum Gasteiger partial charge on any atom is 0.411 e. The van der Waals surface area contributed by atoms with Gasteiger partial charge >= 0.3 is 12.1 Å². The molecule has 1 aromatic carbocycles. The van der Waals surface area contributed by atoms with Crippen molar-refractivity contribution in [3.8, 4) is 0 Å². The maximum absolute atomic E-state index is 12.4. The predicted octanol–water partition coefficient (Wildman–Crippen LogP) is 3.65. The summed E-state index contributed by atoms with van der Waals surface area (Å²) in [6, 6.07) is 6.57. The van der Waals surface area contributed by atoms with Crippen LogP contribution < -0.4 is 0 Å². The van der Waals surface area contributed by atoms with Crippen molar-refractivity contribution < 1.29 is 19.4 Å². The summed E-state index contributed by atoms with van der Waals surface area (Å²) in [7, 11) is 0. The number of likely N-dealkylation sites (tertiary alicyclic amines) is 1. The average Bonchev–Trinajstić information content (AvgIpc) is 2.83. The fourth-order valence-electron chi connectivity index (χ4n) is 2.75. The van der Waals surface area contributed by atoms with Crippen molar-refractivity contribution in [1.82, 2.24) is 4.90 Å². The molecule has 0 aliphatic carbocycles. The van der Waals surface area contributed by atoms with E-state index in [1.807, 2.05) is 0 Å². The van der Waals surface area contributed by atoms with Gasteiger partial charge in [-0.1, -0.05) is 23.7 Å². The summed E-state index contributed by atoms with van der Waals surface area (Å²) in [5, 5.41) is 10.3. The molecule has 1 atom stereocenters. The Labute approximate surface area is 134 Å². The van der Waals surface area contributed by atoms with Crippen LogP contribution in [-0.4, -0.2) is 34.2 Å². The molecule has 0 spiro atoms. The second-order valence-corrected chi connectivity index (χ2v) is 6.84. The van der Waals surface area contributed by atoms with E-state index in [1.165, 1.54) is 4.90 Å². The molecule has 1 N–H and O–H groups in total. The van der Waals surface area contributed by atoms with Crippen LogP contribution >= 0.6 is 11.6 Å². The molecule has 120 valence electrons. The standard InChI is InChI=1S/C16H20ClNO4/c1-15(2,3)22-14(21)18-10-4-9-16(18,13(19)20)11-5-7-12(17)8-6-11/h5-8H,4,9-10H2,1-3H3,(H,19,20). The molecule has 0 bridgehead atoms. The first-order valence-electron chi connectivity index (χ1n) is 7.17. The van der Waals surface area contributed by atoms with Gasteiger partial charge in [0.05, 0.1) is 0 Å². The summed E-state index contributed by atoms with van der Waals surface area (Å²) in [6.45, 7) is 5.62. The van der Waals surface area contributed by atoms with Crippen molar-refractivity contribution in [2.45, 2.75) is 44.8 Å². The molecule has 1 saturated heterocycles. The minimum atomic E-state index is -1.40. The molecule has 1 aromatic rings. The Morgan fingerprint density at radius 3 is 2.36 bits per heavy atom. The Morgan fingerprint density at radius 1 is 1.27 bits per heavy atom. The van der Waals surface area contributed by atoms with Crippen molar-refractivity contribution in [2.75, 3.05) is 6.54 Å². The first-order valence-corrected chi connectivity index (χ1v) is 7.55. The van der Waals surface area contributed by atoms with Crippen LogP contribution in [0.3, 0.4) is 0 Å². The Bertz CT molecular complexity index is 579.